The van der Waals surface area contributed by atoms with Crippen molar-refractivity contribution in [3.63, 3.8) is 0 Å². The van der Waals surface area contributed by atoms with Gasteiger partial charge in [0.25, 0.3) is 10.0 Å². The van der Waals surface area contributed by atoms with Crippen molar-refractivity contribution >= 4 is 37.6 Å². The molecule has 0 saturated heterocycles. The van der Waals surface area contributed by atoms with Crippen LogP contribution in [0.2, 0.25) is 0 Å². The third-order valence-corrected chi connectivity index (χ3v) is 4.89. The number of hydrogen-bond acceptors (Lipinski definition) is 4. The zero-order valence-electron chi connectivity index (χ0n) is 11.3. The predicted molar refractivity (Wildman–Crippen MR) is 80.4 cm³/mol. The third kappa shape index (κ3) is 3.45. The van der Waals surface area contributed by atoms with Crippen LogP contribution in [0.15, 0.2) is 45.8 Å². The number of carboxylic acids is 1. The number of anilines is 1. The van der Waals surface area contributed by atoms with Crippen molar-refractivity contribution in [3.05, 3.63) is 57.8 Å². The molecule has 8 heteroatoms. The fourth-order valence-corrected chi connectivity index (χ4v) is 3.46. The third-order valence-electron chi connectivity index (χ3n) is 2.89. The Bertz CT molecular complexity index is 852. The van der Waals surface area contributed by atoms with Gasteiger partial charge in [0.15, 0.2) is 0 Å². The lowest BCUT2D eigenvalue weighted by molar-refractivity contribution is -0.255. The van der Waals surface area contributed by atoms with E-state index >= 15 is 0 Å². The molecule has 0 amide bonds. The second-order valence-corrected chi connectivity index (χ2v) is 7.06. The zero-order chi connectivity index (χ0) is 16.5. The molecule has 2 aromatic rings. The van der Waals surface area contributed by atoms with E-state index in [9.17, 15) is 22.7 Å². The minimum Gasteiger partial charge on any atom is -0.545 e. The predicted octanol–water partition coefficient (Wildman–Crippen LogP) is 2.06. The number of nitrogens with one attached hydrogen (secondary N) is 1. The molecule has 0 aliphatic rings. The number of carbonyl (C=O) groups excluding carboxylic acids is 1. The van der Waals surface area contributed by atoms with E-state index in [0.717, 1.165) is 12.1 Å². The Morgan fingerprint density at radius 3 is 2.50 bits per heavy atom. The molecule has 0 aliphatic carbocycles. The van der Waals surface area contributed by atoms with Gasteiger partial charge in [-0.2, -0.15) is 0 Å². The van der Waals surface area contributed by atoms with E-state index in [1.54, 1.807) is 0 Å². The summed E-state index contributed by atoms with van der Waals surface area (Å²) in [6.07, 6.45) is 0. The summed E-state index contributed by atoms with van der Waals surface area (Å²) in [7, 11) is -4.13. The van der Waals surface area contributed by atoms with Gasteiger partial charge in [0, 0.05) is 4.47 Å². The summed E-state index contributed by atoms with van der Waals surface area (Å²) in [5, 5.41) is 10.8. The Balaban J connectivity index is 2.46. The van der Waals surface area contributed by atoms with Gasteiger partial charge in [-0.05, 0) is 42.3 Å². The first-order valence-electron chi connectivity index (χ1n) is 6.00. The van der Waals surface area contributed by atoms with Crippen LogP contribution in [-0.4, -0.2) is 14.4 Å². The number of halogens is 2. The van der Waals surface area contributed by atoms with Crippen molar-refractivity contribution in [2.24, 2.45) is 0 Å². The Morgan fingerprint density at radius 2 is 1.91 bits per heavy atom. The summed E-state index contributed by atoms with van der Waals surface area (Å²) < 4.78 is 41.0. The minimum atomic E-state index is -4.13. The Kier molecular flexibility index (Phi) is 4.52. The molecule has 2 aromatic carbocycles. The van der Waals surface area contributed by atoms with Gasteiger partial charge in [0.1, 0.15) is 5.82 Å². The standard InChI is InChI=1S/C14H11BrFNO4S/c1-8-2-3-9(14(18)19)6-13(8)22(20,21)17-12-5-4-10(15)7-11(12)16/h2-7,17H,1H3,(H,18,19)/p-1. The first-order valence-corrected chi connectivity index (χ1v) is 8.28. The zero-order valence-corrected chi connectivity index (χ0v) is 13.7. The van der Waals surface area contributed by atoms with Crippen LogP contribution in [0.4, 0.5) is 10.1 Å². The van der Waals surface area contributed by atoms with Gasteiger partial charge in [-0.3, -0.25) is 4.72 Å². The van der Waals surface area contributed by atoms with Gasteiger partial charge in [-0.1, -0.05) is 28.1 Å². The first-order chi connectivity index (χ1) is 10.2. The number of sulfonamides is 1. The molecule has 0 spiro atoms. The SMILES string of the molecule is Cc1ccc(C(=O)[O-])cc1S(=O)(=O)Nc1ccc(Br)cc1F. The highest BCUT2D eigenvalue weighted by atomic mass is 79.9. The highest BCUT2D eigenvalue weighted by molar-refractivity contribution is 9.10. The second kappa shape index (κ2) is 6.05. The average molecular weight is 387 g/mol. The number of carbonyl (C=O) groups is 1. The van der Waals surface area contributed by atoms with Gasteiger partial charge in [-0.25, -0.2) is 12.8 Å². The molecule has 0 atom stereocenters. The summed E-state index contributed by atoms with van der Waals surface area (Å²) in [6, 6.07) is 7.41. The second-order valence-electron chi connectivity index (χ2n) is 4.50. The van der Waals surface area contributed by atoms with Gasteiger partial charge < -0.3 is 9.90 Å². The molecule has 0 heterocycles. The van der Waals surface area contributed by atoms with Crippen molar-refractivity contribution in [3.8, 4) is 0 Å². The van der Waals surface area contributed by atoms with E-state index in [-0.39, 0.29) is 16.1 Å². The van der Waals surface area contributed by atoms with Crippen molar-refractivity contribution in [1.82, 2.24) is 0 Å². The first kappa shape index (κ1) is 16.4. The van der Waals surface area contributed by atoms with Crippen molar-refractivity contribution in [1.29, 1.82) is 0 Å². The van der Waals surface area contributed by atoms with Gasteiger partial charge >= 0.3 is 0 Å². The van der Waals surface area contributed by atoms with Crippen LogP contribution in [0.3, 0.4) is 0 Å². The van der Waals surface area contributed by atoms with E-state index in [1.165, 1.54) is 31.2 Å². The molecule has 0 aliphatic heterocycles. The topological polar surface area (TPSA) is 86.3 Å². The lowest BCUT2D eigenvalue weighted by atomic mass is 10.1. The molecular weight excluding hydrogens is 377 g/mol. The van der Waals surface area contributed by atoms with E-state index in [1.807, 2.05) is 0 Å². The van der Waals surface area contributed by atoms with Gasteiger partial charge in [0.2, 0.25) is 0 Å². The Hall–Kier alpha value is -1.93. The van der Waals surface area contributed by atoms with Crippen LogP contribution >= 0.6 is 15.9 Å². The molecule has 5 nitrogen and oxygen atoms in total. The summed E-state index contributed by atoms with van der Waals surface area (Å²) in [4.78, 5) is 10.6. The van der Waals surface area contributed by atoms with Crippen molar-refractivity contribution < 1.29 is 22.7 Å². The van der Waals surface area contributed by atoms with E-state index in [4.69, 9.17) is 0 Å². The van der Waals surface area contributed by atoms with Gasteiger partial charge in [0.05, 0.1) is 16.6 Å². The molecule has 0 saturated carbocycles. The van der Waals surface area contributed by atoms with Crippen LogP contribution in [0.25, 0.3) is 0 Å². The lowest BCUT2D eigenvalue weighted by Crippen LogP contribution is -2.23. The average Bonchev–Trinajstić information content (AvgIpc) is 2.42. The molecular formula is C14H10BrFNO4S-. The quantitative estimate of drug-likeness (QED) is 0.870. The summed E-state index contributed by atoms with van der Waals surface area (Å²) >= 11 is 3.07. The largest absolute Gasteiger partial charge is 0.545 e. The summed E-state index contributed by atoms with van der Waals surface area (Å²) in [6.45, 7) is 1.51. The highest BCUT2D eigenvalue weighted by Crippen LogP contribution is 2.24. The van der Waals surface area contributed by atoms with Crippen molar-refractivity contribution in [2.45, 2.75) is 11.8 Å². The summed E-state index contributed by atoms with van der Waals surface area (Å²) in [5.41, 5.74) is -0.182. The van der Waals surface area contributed by atoms with E-state index < -0.39 is 21.8 Å². The Morgan fingerprint density at radius 1 is 1.23 bits per heavy atom. The number of hydrogen-bond donors (Lipinski definition) is 1. The molecule has 2 rings (SSSR count). The highest BCUT2D eigenvalue weighted by Gasteiger charge is 2.19. The smallest absolute Gasteiger partial charge is 0.262 e. The van der Waals surface area contributed by atoms with Crippen LogP contribution in [-0.2, 0) is 10.0 Å². The molecule has 1 N–H and O–H groups in total. The van der Waals surface area contributed by atoms with E-state index in [0.29, 0.717) is 10.0 Å². The lowest BCUT2D eigenvalue weighted by Gasteiger charge is -2.13. The number of carboxylic acid groups (broad SMARTS) is 1. The van der Waals surface area contributed by atoms with E-state index in [2.05, 4.69) is 20.7 Å². The van der Waals surface area contributed by atoms with Crippen LogP contribution in [0.1, 0.15) is 15.9 Å². The number of rotatable bonds is 4. The maximum absolute atomic E-state index is 13.7. The number of aryl methyl sites for hydroxylation is 1. The maximum Gasteiger partial charge on any atom is 0.262 e. The van der Waals surface area contributed by atoms with Crippen molar-refractivity contribution in [2.75, 3.05) is 4.72 Å². The number of benzene rings is 2. The molecule has 116 valence electrons. The van der Waals surface area contributed by atoms with Gasteiger partial charge in [-0.15, -0.1) is 0 Å². The maximum atomic E-state index is 13.7. The molecule has 0 fully saturated rings. The summed E-state index contributed by atoms with van der Waals surface area (Å²) in [5.74, 6) is -2.25. The molecule has 0 unspecified atom stereocenters. The van der Waals surface area contributed by atoms with Crippen LogP contribution in [0.5, 0.6) is 0 Å². The fourth-order valence-electron chi connectivity index (χ4n) is 1.79. The molecule has 22 heavy (non-hydrogen) atoms. The Labute approximate surface area is 135 Å². The normalized spacial score (nSPS) is 11.2. The van der Waals surface area contributed by atoms with Crippen LogP contribution < -0.4 is 9.83 Å². The minimum absolute atomic E-state index is 0.235. The molecule has 0 bridgehead atoms. The molecule has 0 aromatic heterocycles. The monoisotopic (exact) mass is 386 g/mol. The number of aromatic carboxylic acids is 1. The molecule has 0 radical (unpaired) electrons. The fraction of sp³-hybridized carbons (Fsp3) is 0.0714. The van der Waals surface area contributed by atoms with Crippen LogP contribution in [0, 0.1) is 12.7 Å².